The summed E-state index contributed by atoms with van der Waals surface area (Å²) >= 11 is 0. The first-order valence-electron chi connectivity index (χ1n) is 3.85. The van der Waals surface area contributed by atoms with Crippen LogP contribution in [0.25, 0.3) is 10.9 Å². The Labute approximate surface area is 78.4 Å². The van der Waals surface area contributed by atoms with Gasteiger partial charge in [-0.3, -0.25) is 0 Å². The Kier molecular flexibility index (Phi) is 2.22. The molecule has 5 heteroatoms. The molecule has 0 aliphatic carbocycles. The molecule has 1 aromatic carbocycles. The predicted molar refractivity (Wildman–Crippen MR) is 45.0 cm³/mol. The maximum atomic E-state index is 11.8. The summed E-state index contributed by atoms with van der Waals surface area (Å²) in [5, 5.41) is 0.661. The van der Waals surface area contributed by atoms with Crippen LogP contribution in [0.15, 0.2) is 24.3 Å². The van der Waals surface area contributed by atoms with E-state index in [1.165, 1.54) is 0 Å². The quantitative estimate of drug-likeness (QED) is 0.735. The van der Waals surface area contributed by atoms with Gasteiger partial charge in [0.25, 0.3) is 0 Å². The summed E-state index contributed by atoms with van der Waals surface area (Å²) < 4.78 is 27.6. The minimum Gasteiger partial charge on any atom is -0.401 e. The molecule has 0 atom stereocenters. The van der Waals surface area contributed by atoms with Gasteiger partial charge >= 0.3 is 12.6 Å². The number of benzene rings is 1. The molecule has 0 saturated carbocycles. The van der Waals surface area contributed by atoms with Gasteiger partial charge in [-0.05, 0) is 6.07 Å². The molecular formula is C9H5F2N2O. The summed E-state index contributed by atoms with van der Waals surface area (Å²) in [4.78, 5) is 7.28. The fourth-order valence-electron chi connectivity index (χ4n) is 1.03. The highest BCUT2D eigenvalue weighted by Crippen LogP contribution is 2.13. The lowest BCUT2D eigenvalue weighted by Crippen LogP contribution is -2.05. The van der Waals surface area contributed by atoms with Gasteiger partial charge in [0.1, 0.15) is 6.20 Å². The van der Waals surface area contributed by atoms with E-state index in [0.717, 1.165) is 0 Å². The van der Waals surface area contributed by atoms with Crippen LogP contribution in [0.2, 0.25) is 0 Å². The van der Waals surface area contributed by atoms with Crippen LogP contribution < -0.4 is 4.74 Å². The molecule has 0 aliphatic rings. The molecule has 2 aromatic rings. The van der Waals surface area contributed by atoms with Crippen LogP contribution >= 0.6 is 0 Å². The average molecular weight is 195 g/mol. The van der Waals surface area contributed by atoms with Crippen molar-refractivity contribution in [2.75, 3.05) is 0 Å². The zero-order chi connectivity index (χ0) is 9.97. The van der Waals surface area contributed by atoms with E-state index in [9.17, 15) is 8.78 Å². The molecule has 1 radical (unpaired) electrons. The average Bonchev–Trinajstić information content (AvgIpc) is 2.17. The number of hydrogen-bond acceptors (Lipinski definition) is 3. The van der Waals surface area contributed by atoms with Crippen LogP contribution in [0.1, 0.15) is 0 Å². The molecule has 0 aliphatic heterocycles. The van der Waals surface area contributed by atoms with Crippen molar-refractivity contribution in [1.82, 2.24) is 9.97 Å². The van der Waals surface area contributed by atoms with Gasteiger partial charge in [-0.25, -0.2) is 0 Å². The molecule has 0 spiro atoms. The van der Waals surface area contributed by atoms with E-state index in [4.69, 9.17) is 0 Å². The fourth-order valence-corrected chi connectivity index (χ4v) is 1.03. The number of fused-ring (bicyclic) bond motifs is 1. The van der Waals surface area contributed by atoms with E-state index in [2.05, 4.69) is 20.9 Å². The van der Waals surface area contributed by atoms with Crippen molar-refractivity contribution in [3.05, 3.63) is 30.5 Å². The van der Waals surface area contributed by atoms with E-state index in [-0.39, 0.29) is 6.01 Å². The molecule has 2 rings (SSSR count). The van der Waals surface area contributed by atoms with Crippen molar-refractivity contribution in [2.24, 2.45) is 0 Å². The van der Waals surface area contributed by atoms with Crippen molar-refractivity contribution >= 4 is 10.9 Å². The first-order chi connectivity index (χ1) is 6.75. The summed E-state index contributed by atoms with van der Waals surface area (Å²) in [5.74, 6) is 0. The highest BCUT2D eigenvalue weighted by Gasteiger charge is 2.07. The molecule has 1 heterocycles. The van der Waals surface area contributed by atoms with Crippen molar-refractivity contribution in [3.63, 3.8) is 0 Å². The molecule has 0 saturated heterocycles. The number of hydrogen-bond donors (Lipinski definition) is 0. The Hall–Kier alpha value is -1.78. The largest absolute Gasteiger partial charge is 0.401 e. The highest BCUT2D eigenvalue weighted by molar-refractivity contribution is 5.76. The van der Waals surface area contributed by atoms with Crippen LogP contribution in [0.4, 0.5) is 8.78 Å². The SMILES string of the molecule is FC(F)Oc1n[c]c2ccccc2n1. The molecule has 71 valence electrons. The standard InChI is InChI=1S/C9H5F2N2O/c10-8(11)14-9-12-5-6-3-1-2-4-7(6)13-9/h1-4,8H. The second-order valence-corrected chi connectivity index (χ2v) is 2.51. The van der Waals surface area contributed by atoms with Crippen molar-refractivity contribution < 1.29 is 13.5 Å². The van der Waals surface area contributed by atoms with E-state index in [0.29, 0.717) is 10.9 Å². The Bertz CT molecular complexity index is 448. The van der Waals surface area contributed by atoms with Gasteiger partial charge in [0.05, 0.1) is 5.52 Å². The lowest BCUT2D eigenvalue weighted by atomic mass is 10.2. The Morgan fingerprint density at radius 3 is 2.86 bits per heavy atom. The van der Waals surface area contributed by atoms with Crippen LogP contribution in [0.5, 0.6) is 6.01 Å². The molecule has 0 unspecified atom stereocenters. The van der Waals surface area contributed by atoms with Crippen molar-refractivity contribution in [1.29, 1.82) is 0 Å². The number of rotatable bonds is 2. The third kappa shape index (κ3) is 1.76. The second kappa shape index (κ2) is 3.53. The van der Waals surface area contributed by atoms with E-state index in [1.54, 1.807) is 24.3 Å². The predicted octanol–water partition coefficient (Wildman–Crippen LogP) is 2.03. The van der Waals surface area contributed by atoms with Gasteiger partial charge in [0.15, 0.2) is 0 Å². The molecule has 1 aromatic heterocycles. The van der Waals surface area contributed by atoms with Gasteiger partial charge < -0.3 is 4.74 Å². The minimum absolute atomic E-state index is 0.362. The van der Waals surface area contributed by atoms with Crippen LogP contribution in [0.3, 0.4) is 0 Å². The number of nitrogens with zero attached hydrogens (tertiary/aromatic N) is 2. The Morgan fingerprint density at radius 1 is 1.29 bits per heavy atom. The zero-order valence-corrected chi connectivity index (χ0v) is 6.95. The molecular weight excluding hydrogens is 190 g/mol. The monoisotopic (exact) mass is 195 g/mol. The molecule has 14 heavy (non-hydrogen) atoms. The summed E-state index contributed by atoms with van der Waals surface area (Å²) in [6, 6.07) is 6.58. The molecule has 0 N–H and O–H groups in total. The molecule has 0 fully saturated rings. The lowest BCUT2D eigenvalue weighted by molar-refractivity contribution is -0.0558. The van der Waals surface area contributed by atoms with Crippen LogP contribution in [0, 0.1) is 6.20 Å². The van der Waals surface area contributed by atoms with Crippen molar-refractivity contribution in [2.45, 2.75) is 6.61 Å². The minimum atomic E-state index is -2.91. The van der Waals surface area contributed by atoms with Gasteiger partial charge in [0, 0.05) is 5.39 Å². The Balaban J connectivity index is 2.41. The fraction of sp³-hybridized carbons (Fsp3) is 0.111. The van der Waals surface area contributed by atoms with Crippen LogP contribution in [-0.2, 0) is 0 Å². The molecule has 0 bridgehead atoms. The third-order valence-corrected chi connectivity index (χ3v) is 1.59. The maximum absolute atomic E-state index is 11.8. The third-order valence-electron chi connectivity index (χ3n) is 1.59. The van der Waals surface area contributed by atoms with Gasteiger partial charge in [0.2, 0.25) is 0 Å². The Morgan fingerprint density at radius 2 is 2.07 bits per heavy atom. The van der Waals surface area contributed by atoms with Crippen LogP contribution in [-0.4, -0.2) is 16.6 Å². The van der Waals surface area contributed by atoms with E-state index in [1.807, 2.05) is 0 Å². The summed E-state index contributed by atoms with van der Waals surface area (Å²) in [5.41, 5.74) is 0.526. The molecule has 3 nitrogen and oxygen atoms in total. The zero-order valence-electron chi connectivity index (χ0n) is 6.95. The summed E-state index contributed by atoms with van der Waals surface area (Å²) in [6.45, 7) is -2.91. The normalized spacial score (nSPS) is 10.8. The lowest BCUT2D eigenvalue weighted by Gasteiger charge is -2.01. The smallest absolute Gasteiger partial charge is 0.389 e. The van der Waals surface area contributed by atoms with Crippen molar-refractivity contribution in [3.8, 4) is 6.01 Å². The summed E-state index contributed by atoms with van der Waals surface area (Å²) in [7, 11) is 0. The van der Waals surface area contributed by atoms with E-state index < -0.39 is 6.61 Å². The summed E-state index contributed by atoms with van der Waals surface area (Å²) in [6.07, 6.45) is 2.55. The first-order valence-corrected chi connectivity index (χ1v) is 3.85. The van der Waals surface area contributed by atoms with E-state index >= 15 is 0 Å². The number of halogens is 2. The number of aromatic nitrogens is 2. The molecule has 0 amide bonds. The second-order valence-electron chi connectivity index (χ2n) is 2.51. The highest BCUT2D eigenvalue weighted by atomic mass is 19.3. The number of para-hydroxylation sites is 1. The van der Waals surface area contributed by atoms with Gasteiger partial charge in [-0.1, -0.05) is 18.2 Å². The number of alkyl halides is 2. The first kappa shape index (κ1) is 8.80. The maximum Gasteiger partial charge on any atom is 0.389 e. The van der Waals surface area contributed by atoms with Gasteiger partial charge in [-0.2, -0.15) is 18.7 Å². The topological polar surface area (TPSA) is 35.0 Å². The van der Waals surface area contributed by atoms with Gasteiger partial charge in [-0.15, -0.1) is 0 Å². The number of ether oxygens (including phenoxy) is 1.